The number of ether oxygens (including phenoxy) is 2. The van der Waals surface area contributed by atoms with Crippen molar-refractivity contribution in [3.63, 3.8) is 0 Å². The van der Waals surface area contributed by atoms with E-state index < -0.39 is 0 Å². The molecule has 23 heavy (non-hydrogen) atoms. The molecule has 0 saturated carbocycles. The van der Waals surface area contributed by atoms with Crippen molar-refractivity contribution in [2.24, 2.45) is 0 Å². The zero-order valence-electron chi connectivity index (χ0n) is 14.4. The average Bonchev–Trinajstić information content (AvgIpc) is 2.56. The van der Waals surface area contributed by atoms with E-state index in [0.717, 1.165) is 30.9 Å². The Morgan fingerprint density at radius 1 is 1.00 bits per heavy atom. The Hall–Kier alpha value is -2.00. The Balaban J connectivity index is 1.89. The van der Waals surface area contributed by atoms with Gasteiger partial charge in [0, 0.05) is 6.04 Å². The zero-order chi connectivity index (χ0) is 16.4. The molecule has 1 atom stereocenters. The Morgan fingerprint density at radius 2 is 1.74 bits per heavy atom. The van der Waals surface area contributed by atoms with Gasteiger partial charge < -0.3 is 14.8 Å². The second-order valence-corrected chi connectivity index (χ2v) is 6.29. The van der Waals surface area contributed by atoms with E-state index in [2.05, 4.69) is 43.4 Å². The lowest BCUT2D eigenvalue weighted by molar-refractivity contribution is 0.354. The second kappa shape index (κ2) is 6.63. The van der Waals surface area contributed by atoms with E-state index in [1.807, 2.05) is 6.07 Å². The number of aryl methyl sites for hydroxylation is 2. The van der Waals surface area contributed by atoms with Gasteiger partial charge in [0.1, 0.15) is 0 Å². The van der Waals surface area contributed by atoms with Crippen molar-refractivity contribution in [1.29, 1.82) is 0 Å². The fourth-order valence-electron chi connectivity index (χ4n) is 3.36. The van der Waals surface area contributed by atoms with Crippen LogP contribution in [-0.4, -0.2) is 20.8 Å². The van der Waals surface area contributed by atoms with Crippen LogP contribution in [0.25, 0.3) is 0 Å². The predicted octanol–water partition coefficient (Wildman–Crippen LogP) is 3.75. The van der Waals surface area contributed by atoms with Gasteiger partial charge in [0.15, 0.2) is 11.5 Å². The number of fused-ring (bicyclic) bond motifs is 1. The van der Waals surface area contributed by atoms with Crippen LogP contribution in [0.2, 0.25) is 0 Å². The Kier molecular flexibility index (Phi) is 4.58. The highest BCUT2D eigenvalue weighted by Crippen LogP contribution is 2.32. The molecule has 1 N–H and O–H groups in total. The van der Waals surface area contributed by atoms with Crippen LogP contribution in [0.15, 0.2) is 30.3 Å². The van der Waals surface area contributed by atoms with Crippen LogP contribution in [0, 0.1) is 13.8 Å². The fourth-order valence-corrected chi connectivity index (χ4v) is 3.36. The van der Waals surface area contributed by atoms with E-state index in [1.54, 1.807) is 14.2 Å². The molecule has 2 aromatic carbocycles. The van der Waals surface area contributed by atoms with Gasteiger partial charge in [-0.05, 0) is 73.2 Å². The van der Waals surface area contributed by atoms with E-state index in [0.29, 0.717) is 6.04 Å². The maximum Gasteiger partial charge on any atom is 0.160 e. The highest BCUT2D eigenvalue weighted by Gasteiger charge is 2.21. The summed E-state index contributed by atoms with van der Waals surface area (Å²) in [4.78, 5) is 0. The predicted molar refractivity (Wildman–Crippen MR) is 93.6 cm³/mol. The van der Waals surface area contributed by atoms with E-state index in [9.17, 15) is 0 Å². The Morgan fingerprint density at radius 3 is 2.48 bits per heavy atom. The molecule has 3 nitrogen and oxygen atoms in total. The molecule has 1 unspecified atom stereocenters. The smallest absolute Gasteiger partial charge is 0.160 e. The summed E-state index contributed by atoms with van der Waals surface area (Å²) in [6.07, 6.45) is 2.06. The van der Waals surface area contributed by atoms with Gasteiger partial charge in [0.2, 0.25) is 0 Å². The maximum absolute atomic E-state index is 5.42. The summed E-state index contributed by atoms with van der Waals surface area (Å²) in [5.74, 6) is 1.57. The van der Waals surface area contributed by atoms with Gasteiger partial charge in [0.05, 0.1) is 14.2 Å². The first-order valence-corrected chi connectivity index (χ1v) is 8.16. The van der Waals surface area contributed by atoms with Crippen molar-refractivity contribution in [1.82, 2.24) is 5.32 Å². The Bertz CT molecular complexity index is 709. The van der Waals surface area contributed by atoms with Crippen LogP contribution >= 0.6 is 0 Å². The third kappa shape index (κ3) is 3.20. The number of nitrogens with one attached hydrogen (secondary N) is 1. The minimum Gasteiger partial charge on any atom is -0.493 e. The molecule has 0 radical (unpaired) electrons. The molecule has 1 aliphatic rings. The molecule has 3 heteroatoms. The molecule has 1 heterocycles. The van der Waals surface area contributed by atoms with Gasteiger partial charge in [-0.2, -0.15) is 0 Å². The lowest BCUT2D eigenvalue weighted by Gasteiger charge is -2.28. The van der Waals surface area contributed by atoms with Crippen LogP contribution in [-0.2, 0) is 12.8 Å². The molecule has 0 saturated heterocycles. The quantitative estimate of drug-likeness (QED) is 0.933. The monoisotopic (exact) mass is 311 g/mol. The minimum atomic E-state index is 0.358. The molecule has 0 spiro atoms. The van der Waals surface area contributed by atoms with Crippen molar-refractivity contribution in [3.8, 4) is 11.5 Å². The lowest BCUT2D eigenvalue weighted by atomic mass is 9.87. The standard InChI is InChI=1S/C20H25NO2/c1-13-9-16-7-8-21-18(17(16)10-14(13)2)11-15-5-6-19(22-3)20(12-15)23-4/h5-6,9-10,12,18,21H,7-8,11H2,1-4H3. The summed E-state index contributed by atoms with van der Waals surface area (Å²) in [7, 11) is 3.35. The van der Waals surface area contributed by atoms with Gasteiger partial charge in [0.25, 0.3) is 0 Å². The van der Waals surface area contributed by atoms with Crippen LogP contribution in [0.4, 0.5) is 0 Å². The van der Waals surface area contributed by atoms with Gasteiger partial charge >= 0.3 is 0 Å². The SMILES string of the molecule is COc1ccc(CC2NCCc3cc(C)c(C)cc32)cc1OC. The molecule has 1 aliphatic heterocycles. The third-order valence-electron chi connectivity index (χ3n) is 4.80. The van der Waals surface area contributed by atoms with E-state index in [1.165, 1.54) is 27.8 Å². The molecule has 2 aromatic rings. The first-order chi connectivity index (χ1) is 11.1. The van der Waals surface area contributed by atoms with E-state index in [4.69, 9.17) is 9.47 Å². The van der Waals surface area contributed by atoms with Crippen LogP contribution < -0.4 is 14.8 Å². The summed E-state index contributed by atoms with van der Waals surface area (Å²) < 4.78 is 10.8. The molecule has 0 fully saturated rings. The first kappa shape index (κ1) is 15.9. The van der Waals surface area contributed by atoms with Crippen molar-refractivity contribution in [3.05, 3.63) is 58.1 Å². The Labute approximate surface area is 138 Å². The van der Waals surface area contributed by atoms with E-state index in [-0.39, 0.29) is 0 Å². The average molecular weight is 311 g/mol. The molecular formula is C20H25NO2. The van der Waals surface area contributed by atoms with Gasteiger partial charge in [-0.1, -0.05) is 18.2 Å². The van der Waals surface area contributed by atoms with Crippen LogP contribution in [0.5, 0.6) is 11.5 Å². The molecule has 3 rings (SSSR count). The van der Waals surface area contributed by atoms with Crippen molar-refractivity contribution in [2.75, 3.05) is 20.8 Å². The number of hydrogen-bond acceptors (Lipinski definition) is 3. The highest BCUT2D eigenvalue weighted by molar-refractivity contribution is 5.45. The highest BCUT2D eigenvalue weighted by atomic mass is 16.5. The van der Waals surface area contributed by atoms with Gasteiger partial charge in [-0.15, -0.1) is 0 Å². The molecule has 0 amide bonds. The fraction of sp³-hybridized carbons (Fsp3) is 0.400. The van der Waals surface area contributed by atoms with Crippen molar-refractivity contribution >= 4 is 0 Å². The lowest BCUT2D eigenvalue weighted by Crippen LogP contribution is -2.31. The second-order valence-electron chi connectivity index (χ2n) is 6.29. The molecule has 0 aliphatic carbocycles. The number of benzene rings is 2. The van der Waals surface area contributed by atoms with E-state index >= 15 is 0 Å². The first-order valence-electron chi connectivity index (χ1n) is 8.16. The van der Waals surface area contributed by atoms with Crippen molar-refractivity contribution in [2.45, 2.75) is 32.7 Å². The van der Waals surface area contributed by atoms with Crippen molar-refractivity contribution < 1.29 is 9.47 Å². The largest absolute Gasteiger partial charge is 0.493 e. The molecule has 122 valence electrons. The maximum atomic E-state index is 5.42. The molecular weight excluding hydrogens is 286 g/mol. The normalized spacial score (nSPS) is 16.8. The molecule has 0 aromatic heterocycles. The number of hydrogen-bond donors (Lipinski definition) is 1. The summed E-state index contributed by atoms with van der Waals surface area (Å²) in [5, 5.41) is 3.66. The van der Waals surface area contributed by atoms with Gasteiger partial charge in [-0.3, -0.25) is 0 Å². The summed E-state index contributed by atoms with van der Waals surface area (Å²) >= 11 is 0. The zero-order valence-corrected chi connectivity index (χ0v) is 14.4. The van der Waals surface area contributed by atoms with Crippen LogP contribution in [0.3, 0.4) is 0 Å². The molecule has 0 bridgehead atoms. The summed E-state index contributed by atoms with van der Waals surface area (Å²) in [6.45, 7) is 5.42. The topological polar surface area (TPSA) is 30.5 Å². The third-order valence-corrected chi connectivity index (χ3v) is 4.80. The number of methoxy groups -OCH3 is 2. The van der Waals surface area contributed by atoms with Gasteiger partial charge in [-0.25, -0.2) is 0 Å². The minimum absolute atomic E-state index is 0.358. The number of rotatable bonds is 4. The van der Waals surface area contributed by atoms with Crippen LogP contribution in [0.1, 0.15) is 33.9 Å². The summed E-state index contributed by atoms with van der Waals surface area (Å²) in [6, 6.07) is 11.2. The summed E-state index contributed by atoms with van der Waals surface area (Å²) in [5.41, 5.74) is 6.93.